The predicted octanol–water partition coefficient (Wildman–Crippen LogP) is 3.40. The molecule has 1 aromatic heterocycles. The summed E-state index contributed by atoms with van der Waals surface area (Å²) in [4.78, 5) is 4.24. The Bertz CT molecular complexity index is 711. The van der Waals surface area contributed by atoms with Crippen LogP contribution in [0.25, 0.3) is 0 Å². The van der Waals surface area contributed by atoms with E-state index in [0.29, 0.717) is 17.3 Å². The summed E-state index contributed by atoms with van der Waals surface area (Å²) in [6.45, 7) is 0. The van der Waals surface area contributed by atoms with Crippen LogP contribution in [0.4, 0.5) is 0 Å². The second-order valence-corrected chi connectivity index (χ2v) is 5.10. The van der Waals surface area contributed by atoms with Crippen molar-refractivity contribution < 1.29 is 9.63 Å². The van der Waals surface area contributed by atoms with Crippen molar-refractivity contribution in [3.05, 3.63) is 82.5 Å². The lowest BCUT2D eigenvalue weighted by Gasteiger charge is -2.04. The Balaban J connectivity index is 1.75. The van der Waals surface area contributed by atoms with Gasteiger partial charge in [0.15, 0.2) is 11.9 Å². The van der Waals surface area contributed by atoms with E-state index in [2.05, 4.69) is 10.1 Å². The maximum Gasteiger partial charge on any atom is 0.260 e. The minimum atomic E-state index is -0.905. The van der Waals surface area contributed by atoms with Gasteiger partial charge in [-0.15, -0.1) is 0 Å². The summed E-state index contributed by atoms with van der Waals surface area (Å²) < 4.78 is 5.14. The highest BCUT2D eigenvalue weighted by molar-refractivity contribution is 6.30. The third kappa shape index (κ3) is 3.29. The molecule has 1 atom stereocenters. The van der Waals surface area contributed by atoms with Crippen LogP contribution in [-0.4, -0.2) is 15.2 Å². The smallest absolute Gasteiger partial charge is 0.260 e. The molecule has 2 aromatic carbocycles. The Morgan fingerprint density at radius 2 is 1.76 bits per heavy atom. The summed E-state index contributed by atoms with van der Waals surface area (Å²) in [6, 6.07) is 16.7. The van der Waals surface area contributed by atoms with Crippen molar-refractivity contribution in [2.24, 2.45) is 0 Å². The summed E-state index contributed by atoms with van der Waals surface area (Å²) in [5.74, 6) is 0.729. The van der Waals surface area contributed by atoms with Crippen LogP contribution in [0.3, 0.4) is 0 Å². The number of aliphatic hydroxyl groups is 1. The molecule has 1 heterocycles. The van der Waals surface area contributed by atoms with E-state index in [1.165, 1.54) is 0 Å². The molecule has 0 saturated carbocycles. The van der Waals surface area contributed by atoms with Crippen molar-refractivity contribution in [2.45, 2.75) is 12.5 Å². The molecular formula is C16H13ClN2O2. The largest absolute Gasteiger partial charge is 0.378 e. The first-order valence-corrected chi connectivity index (χ1v) is 6.90. The van der Waals surface area contributed by atoms with Gasteiger partial charge in [-0.2, -0.15) is 4.98 Å². The lowest BCUT2D eigenvalue weighted by molar-refractivity contribution is 0.170. The van der Waals surface area contributed by atoms with Crippen molar-refractivity contribution in [2.75, 3.05) is 0 Å². The van der Waals surface area contributed by atoms with Crippen LogP contribution >= 0.6 is 11.6 Å². The lowest BCUT2D eigenvalue weighted by atomic mass is 10.1. The molecule has 0 spiro atoms. The Hall–Kier alpha value is -2.17. The van der Waals surface area contributed by atoms with E-state index >= 15 is 0 Å². The van der Waals surface area contributed by atoms with E-state index in [0.717, 1.165) is 11.1 Å². The van der Waals surface area contributed by atoms with Gasteiger partial charge in [0.25, 0.3) is 5.89 Å². The number of aliphatic hydroxyl groups excluding tert-OH is 1. The van der Waals surface area contributed by atoms with Gasteiger partial charge in [0.2, 0.25) is 0 Å². The Morgan fingerprint density at radius 1 is 1.05 bits per heavy atom. The number of aromatic nitrogens is 2. The molecule has 106 valence electrons. The quantitative estimate of drug-likeness (QED) is 0.802. The SMILES string of the molecule is OC(c1ccccc1)c1nc(Cc2ccc(Cl)cc2)no1. The third-order valence-electron chi connectivity index (χ3n) is 3.11. The standard InChI is InChI=1S/C16H13ClN2O2/c17-13-8-6-11(7-9-13)10-14-18-16(21-19-14)15(20)12-4-2-1-3-5-12/h1-9,15,20H,10H2. The van der Waals surface area contributed by atoms with Crippen molar-refractivity contribution in [1.82, 2.24) is 10.1 Å². The van der Waals surface area contributed by atoms with Gasteiger partial charge in [-0.1, -0.05) is 59.2 Å². The molecule has 0 aliphatic carbocycles. The van der Waals surface area contributed by atoms with Crippen LogP contribution < -0.4 is 0 Å². The van der Waals surface area contributed by atoms with Gasteiger partial charge in [-0.25, -0.2) is 0 Å². The topological polar surface area (TPSA) is 59.2 Å². The molecule has 0 radical (unpaired) electrons. The van der Waals surface area contributed by atoms with Crippen molar-refractivity contribution >= 4 is 11.6 Å². The summed E-state index contributed by atoms with van der Waals surface area (Å²) >= 11 is 5.85. The van der Waals surface area contributed by atoms with Gasteiger partial charge in [0, 0.05) is 11.4 Å². The van der Waals surface area contributed by atoms with Gasteiger partial charge < -0.3 is 9.63 Å². The van der Waals surface area contributed by atoms with E-state index in [1.54, 1.807) is 0 Å². The Kier molecular flexibility index (Phi) is 3.99. The summed E-state index contributed by atoms with van der Waals surface area (Å²) in [5.41, 5.74) is 1.75. The molecule has 1 unspecified atom stereocenters. The summed E-state index contributed by atoms with van der Waals surface area (Å²) in [7, 11) is 0. The molecular weight excluding hydrogens is 288 g/mol. The van der Waals surface area contributed by atoms with Crippen LogP contribution in [0.15, 0.2) is 59.1 Å². The number of rotatable bonds is 4. The number of nitrogens with zero attached hydrogens (tertiary/aromatic N) is 2. The zero-order chi connectivity index (χ0) is 14.7. The first-order chi connectivity index (χ1) is 10.2. The highest BCUT2D eigenvalue weighted by atomic mass is 35.5. The van der Waals surface area contributed by atoms with Crippen LogP contribution in [0.2, 0.25) is 5.02 Å². The maximum absolute atomic E-state index is 10.2. The molecule has 0 aliphatic heterocycles. The normalized spacial score (nSPS) is 12.3. The number of halogens is 1. The molecule has 1 N–H and O–H groups in total. The van der Waals surface area contributed by atoms with Gasteiger partial charge in [-0.05, 0) is 23.3 Å². The molecule has 0 amide bonds. The third-order valence-corrected chi connectivity index (χ3v) is 3.36. The van der Waals surface area contributed by atoms with Crippen molar-refractivity contribution in [3.8, 4) is 0 Å². The maximum atomic E-state index is 10.2. The molecule has 0 saturated heterocycles. The van der Waals surface area contributed by atoms with Gasteiger partial charge in [-0.3, -0.25) is 0 Å². The zero-order valence-electron chi connectivity index (χ0n) is 11.1. The van der Waals surface area contributed by atoms with Crippen LogP contribution in [0, 0.1) is 0 Å². The molecule has 0 bridgehead atoms. The van der Waals surface area contributed by atoms with Crippen LogP contribution in [0.1, 0.15) is 28.9 Å². The first kappa shape index (κ1) is 13.8. The molecule has 5 heteroatoms. The minimum absolute atomic E-state index is 0.199. The van der Waals surface area contributed by atoms with Crippen LogP contribution in [0.5, 0.6) is 0 Å². The molecule has 3 rings (SSSR count). The highest BCUT2D eigenvalue weighted by Crippen LogP contribution is 2.20. The highest BCUT2D eigenvalue weighted by Gasteiger charge is 2.17. The Labute approximate surface area is 127 Å². The zero-order valence-corrected chi connectivity index (χ0v) is 11.9. The fourth-order valence-electron chi connectivity index (χ4n) is 2.01. The fourth-order valence-corrected chi connectivity index (χ4v) is 2.14. The molecule has 3 aromatic rings. The summed E-state index contributed by atoms with van der Waals surface area (Å²) in [5, 5.41) is 14.8. The van der Waals surface area contributed by atoms with Gasteiger partial charge in [0.05, 0.1) is 0 Å². The monoisotopic (exact) mass is 300 g/mol. The van der Waals surface area contributed by atoms with E-state index in [-0.39, 0.29) is 5.89 Å². The number of benzene rings is 2. The Morgan fingerprint density at radius 3 is 2.48 bits per heavy atom. The van der Waals surface area contributed by atoms with E-state index < -0.39 is 6.10 Å². The predicted molar refractivity (Wildman–Crippen MR) is 79.1 cm³/mol. The van der Waals surface area contributed by atoms with E-state index in [4.69, 9.17) is 16.1 Å². The average Bonchev–Trinajstić information content (AvgIpc) is 2.98. The van der Waals surface area contributed by atoms with E-state index in [9.17, 15) is 5.11 Å². The second kappa shape index (κ2) is 6.08. The van der Waals surface area contributed by atoms with Crippen molar-refractivity contribution in [1.29, 1.82) is 0 Å². The number of hydrogen-bond donors (Lipinski definition) is 1. The van der Waals surface area contributed by atoms with Crippen molar-refractivity contribution in [3.63, 3.8) is 0 Å². The van der Waals surface area contributed by atoms with E-state index in [1.807, 2.05) is 54.6 Å². The molecule has 21 heavy (non-hydrogen) atoms. The number of hydrogen-bond acceptors (Lipinski definition) is 4. The first-order valence-electron chi connectivity index (χ1n) is 6.52. The average molecular weight is 301 g/mol. The minimum Gasteiger partial charge on any atom is -0.378 e. The molecule has 0 aliphatic rings. The summed E-state index contributed by atoms with van der Waals surface area (Å²) in [6.07, 6.45) is -0.375. The van der Waals surface area contributed by atoms with Gasteiger partial charge in [0.1, 0.15) is 0 Å². The van der Waals surface area contributed by atoms with Crippen LogP contribution in [-0.2, 0) is 6.42 Å². The molecule has 0 fully saturated rings. The molecule has 4 nitrogen and oxygen atoms in total. The van der Waals surface area contributed by atoms with Gasteiger partial charge >= 0.3 is 0 Å². The lowest BCUT2D eigenvalue weighted by Crippen LogP contribution is -2.00. The fraction of sp³-hybridized carbons (Fsp3) is 0.125. The second-order valence-electron chi connectivity index (χ2n) is 4.67.